The molecule has 4 nitrogen and oxygen atoms in total. The third-order valence-corrected chi connectivity index (χ3v) is 5.28. The number of allylic oxidation sites excluding steroid dienone is 2. The monoisotopic (exact) mass is 301 g/mol. The lowest BCUT2D eigenvalue weighted by molar-refractivity contribution is -0.124. The first-order chi connectivity index (χ1) is 9.04. The molecule has 0 aromatic rings. The van der Waals surface area contributed by atoms with Gasteiger partial charge in [0, 0.05) is 17.5 Å². The summed E-state index contributed by atoms with van der Waals surface area (Å²) in [6, 6.07) is 0. The smallest absolute Gasteiger partial charge is 0.240 e. The van der Waals surface area contributed by atoms with Crippen LogP contribution in [0.4, 0.5) is 0 Å². The molecule has 2 aliphatic carbocycles. The van der Waals surface area contributed by atoms with Gasteiger partial charge in [-0.25, -0.2) is 0 Å². The number of hydrogen-bond donors (Lipinski definition) is 3. The van der Waals surface area contributed by atoms with E-state index in [1.54, 1.807) is 0 Å². The Morgan fingerprint density at radius 2 is 2.37 bits per heavy atom. The normalized spacial score (nSPS) is 36.8. The van der Waals surface area contributed by atoms with E-state index >= 15 is 0 Å². The van der Waals surface area contributed by atoms with Crippen LogP contribution in [0.25, 0.3) is 0 Å². The summed E-state index contributed by atoms with van der Waals surface area (Å²) in [5.74, 6) is 0.645. The molecule has 1 aliphatic heterocycles. The van der Waals surface area contributed by atoms with E-state index in [0.29, 0.717) is 34.6 Å². The molecule has 104 valence electrons. The topological polar surface area (TPSA) is 67.1 Å². The summed E-state index contributed by atoms with van der Waals surface area (Å²) in [6.45, 7) is 1.45. The molecular weight excluding hydrogens is 285 g/mol. The molecule has 0 aromatic carbocycles. The van der Waals surface area contributed by atoms with Crippen molar-refractivity contribution in [2.75, 3.05) is 13.1 Å². The van der Waals surface area contributed by atoms with Crippen LogP contribution in [-0.4, -0.2) is 24.5 Å². The first-order valence-electron chi connectivity index (χ1n) is 6.59. The summed E-state index contributed by atoms with van der Waals surface area (Å²) in [5.41, 5.74) is 5.94. The maximum atomic E-state index is 12.2. The van der Waals surface area contributed by atoms with Crippen LogP contribution in [-0.2, 0) is 4.79 Å². The maximum Gasteiger partial charge on any atom is 0.240 e. The minimum absolute atomic E-state index is 0.0307. The predicted octanol–water partition coefficient (Wildman–Crippen LogP) is 1.41. The fourth-order valence-electron chi connectivity index (χ4n) is 3.06. The van der Waals surface area contributed by atoms with Gasteiger partial charge in [0.05, 0.1) is 10.7 Å². The third-order valence-electron chi connectivity index (χ3n) is 4.41. The molecule has 3 atom stereocenters. The largest absolute Gasteiger partial charge is 0.397 e. The number of nitrogens with two attached hydrogens (primary N) is 1. The zero-order valence-electron chi connectivity index (χ0n) is 10.5. The molecule has 1 saturated heterocycles. The van der Waals surface area contributed by atoms with E-state index in [2.05, 4.69) is 10.6 Å². The van der Waals surface area contributed by atoms with Crippen molar-refractivity contribution in [1.82, 2.24) is 10.6 Å². The summed E-state index contributed by atoms with van der Waals surface area (Å²) < 4.78 is 0. The first-order valence-corrected chi connectivity index (χ1v) is 7.34. The number of fused-ring (bicyclic) bond motifs is 1. The summed E-state index contributed by atoms with van der Waals surface area (Å²) >= 11 is 12.1. The van der Waals surface area contributed by atoms with Crippen LogP contribution in [0, 0.1) is 11.8 Å². The molecule has 0 spiro atoms. The second-order valence-corrected chi connectivity index (χ2v) is 6.36. The highest BCUT2D eigenvalue weighted by atomic mass is 35.5. The van der Waals surface area contributed by atoms with Crippen molar-refractivity contribution in [3.63, 3.8) is 0 Å². The molecule has 0 aromatic heterocycles. The zero-order chi connectivity index (χ0) is 13.6. The van der Waals surface area contributed by atoms with Gasteiger partial charge < -0.3 is 16.4 Å². The van der Waals surface area contributed by atoms with E-state index in [9.17, 15) is 4.79 Å². The second kappa shape index (κ2) is 4.69. The Kier molecular flexibility index (Phi) is 3.28. The number of carbonyl (C=O) groups is 1. The molecular formula is C13H17Cl2N3O. The molecule has 3 unspecified atom stereocenters. The lowest BCUT2D eigenvalue weighted by Crippen LogP contribution is -2.46. The Hall–Kier alpha value is -0.710. The van der Waals surface area contributed by atoms with Crippen molar-refractivity contribution in [1.29, 1.82) is 0 Å². The lowest BCUT2D eigenvalue weighted by atomic mass is 9.98. The number of nitrogens with one attached hydrogen (secondary N) is 2. The van der Waals surface area contributed by atoms with Crippen LogP contribution in [0.2, 0.25) is 0 Å². The summed E-state index contributed by atoms with van der Waals surface area (Å²) in [6.07, 6.45) is 4.62. The summed E-state index contributed by atoms with van der Waals surface area (Å²) in [4.78, 5) is 12.2. The van der Waals surface area contributed by atoms with Gasteiger partial charge in [-0.05, 0) is 31.7 Å². The van der Waals surface area contributed by atoms with Gasteiger partial charge in [-0.1, -0.05) is 29.3 Å². The first kappa shape index (κ1) is 13.3. The van der Waals surface area contributed by atoms with E-state index in [1.807, 2.05) is 6.08 Å². The highest BCUT2D eigenvalue weighted by Gasteiger charge is 2.62. The molecule has 3 rings (SSSR count). The number of piperidine rings is 1. The Morgan fingerprint density at radius 3 is 3.00 bits per heavy atom. The van der Waals surface area contributed by atoms with Gasteiger partial charge >= 0.3 is 0 Å². The minimum Gasteiger partial charge on any atom is -0.397 e. The van der Waals surface area contributed by atoms with E-state index < -0.39 is 0 Å². The van der Waals surface area contributed by atoms with Gasteiger partial charge in [0.1, 0.15) is 5.54 Å². The Morgan fingerprint density at radius 1 is 1.58 bits per heavy atom. The van der Waals surface area contributed by atoms with Gasteiger partial charge in [-0.3, -0.25) is 4.79 Å². The predicted molar refractivity (Wildman–Crippen MR) is 75.6 cm³/mol. The molecule has 2 fully saturated rings. The van der Waals surface area contributed by atoms with Gasteiger partial charge in [-0.15, -0.1) is 0 Å². The van der Waals surface area contributed by atoms with Crippen molar-refractivity contribution in [2.45, 2.75) is 24.8 Å². The quantitative estimate of drug-likeness (QED) is 0.738. The molecule has 1 amide bonds. The Labute approximate surface area is 122 Å². The van der Waals surface area contributed by atoms with Crippen molar-refractivity contribution in [3.8, 4) is 0 Å². The SMILES string of the molecule is NC1=C(Cl)C(CNC(=O)C23CC2CCN3)CC=C1Cl. The molecule has 0 bridgehead atoms. The lowest BCUT2D eigenvalue weighted by Gasteiger charge is -2.22. The molecule has 1 heterocycles. The van der Waals surface area contributed by atoms with Gasteiger partial charge in [0.25, 0.3) is 0 Å². The molecule has 3 aliphatic rings. The van der Waals surface area contributed by atoms with E-state index in [4.69, 9.17) is 28.9 Å². The minimum atomic E-state index is -0.288. The summed E-state index contributed by atoms with van der Waals surface area (Å²) in [5, 5.41) is 7.36. The van der Waals surface area contributed by atoms with Crippen LogP contribution in [0.15, 0.2) is 21.8 Å². The fourth-order valence-corrected chi connectivity index (χ4v) is 3.57. The van der Waals surface area contributed by atoms with Crippen LogP contribution < -0.4 is 16.4 Å². The van der Waals surface area contributed by atoms with Gasteiger partial charge in [-0.2, -0.15) is 0 Å². The van der Waals surface area contributed by atoms with Crippen molar-refractivity contribution >= 4 is 29.1 Å². The Bertz CT molecular complexity index is 488. The average Bonchev–Trinajstić information content (AvgIpc) is 2.97. The van der Waals surface area contributed by atoms with E-state index in [0.717, 1.165) is 19.4 Å². The zero-order valence-corrected chi connectivity index (χ0v) is 12.0. The molecule has 4 N–H and O–H groups in total. The van der Waals surface area contributed by atoms with Crippen molar-refractivity contribution in [3.05, 3.63) is 21.8 Å². The standard InChI is InChI=1S/C13H17Cl2N3O/c14-9-2-1-7(10(15)11(9)16)6-17-12(19)13-5-8(13)3-4-18-13/h2,7-8,18H,1,3-6,16H2,(H,17,19). The van der Waals surface area contributed by atoms with E-state index in [1.165, 1.54) is 0 Å². The highest BCUT2D eigenvalue weighted by molar-refractivity contribution is 6.36. The van der Waals surface area contributed by atoms with Crippen LogP contribution in [0.5, 0.6) is 0 Å². The number of amides is 1. The summed E-state index contributed by atoms with van der Waals surface area (Å²) in [7, 11) is 0. The Balaban J connectivity index is 1.58. The van der Waals surface area contributed by atoms with Gasteiger partial charge in [0.15, 0.2) is 0 Å². The highest BCUT2D eigenvalue weighted by Crippen LogP contribution is 2.49. The molecule has 0 radical (unpaired) electrons. The van der Waals surface area contributed by atoms with Crippen molar-refractivity contribution < 1.29 is 4.79 Å². The van der Waals surface area contributed by atoms with Crippen LogP contribution >= 0.6 is 23.2 Å². The van der Waals surface area contributed by atoms with Gasteiger partial charge in [0.2, 0.25) is 5.91 Å². The number of carbonyl (C=O) groups excluding carboxylic acids is 1. The third kappa shape index (κ3) is 2.16. The average molecular weight is 302 g/mol. The molecule has 6 heteroatoms. The number of rotatable bonds is 3. The van der Waals surface area contributed by atoms with Crippen LogP contribution in [0.3, 0.4) is 0 Å². The second-order valence-electron chi connectivity index (χ2n) is 5.54. The van der Waals surface area contributed by atoms with E-state index in [-0.39, 0.29) is 17.4 Å². The maximum absolute atomic E-state index is 12.2. The molecule has 19 heavy (non-hydrogen) atoms. The fraction of sp³-hybridized carbons (Fsp3) is 0.615. The van der Waals surface area contributed by atoms with Crippen LogP contribution in [0.1, 0.15) is 19.3 Å². The van der Waals surface area contributed by atoms with Crippen molar-refractivity contribution in [2.24, 2.45) is 17.6 Å². The number of hydrogen-bond acceptors (Lipinski definition) is 3. The number of halogens is 2. The molecule has 1 saturated carbocycles.